The lowest BCUT2D eigenvalue weighted by molar-refractivity contribution is 0.113. The summed E-state index contributed by atoms with van der Waals surface area (Å²) in [6.45, 7) is 3.74. The fourth-order valence-electron chi connectivity index (χ4n) is 1.21. The highest BCUT2D eigenvalue weighted by Crippen LogP contribution is 2.15. The average Bonchev–Trinajstić information content (AvgIpc) is 2.43. The molecule has 0 heterocycles. The molecule has 0 aliphatic carbocycles. The van der Waals surface area contributed by atoms with Gasteiger partial charge in [-0.15, -0.1) is 0 Å². The number of hydrazine groups is 1. The van der Waals surface area contributed by atoms with Crippen LogP contribution in [0.2, 0.25) is 0 Å². The van der Waals surface area contributed by atoms with Gasteiger partial charge in [-0.2, -0.15) is 5.01 Å². The molecule has 1 aromatic carbocycles. The Labute approximate surface area is 105 Å². The van der Waals surface area contributed by atoms with E-state index in [0.29, 0.717) is 5.56 Å². The number of benzene rings is 1. The van der Waals surface area contributed by atoms with Gasteiger partial charge in [0.25, 0.3) is 0 Å². The topological polar surface area (TPSA) is 67.9 Å². The van der Waals surface area contributed by atoms with Gasteiger partial charge in [0.2, 0.25) is 0 Å². The Bertz CT molecular complexity index is 445. The van der Waals surface area contributed by atoms with E-state index in [1.54, 1.807) is 24.3 Å². The van der Waals surface area contributed by atoms with Crippen molar-refractivity contribution in [3.05, 3.63) is 42.5 Å². The minimum absolute atomic E-state index is 0.271. The molecule has 0 aliphatic rings. The number of amides is 2. The van der Waals surface area contributed by atoms with Crippen molar-refractivity contribution in [1.29, 1.82) is 0 Å². The van der Waals surface area contributed by atoms with E-state index in [1.165, 1.54) is 14.2 Å². The van der Waals surface area contributed by atoms with Crippen LogP contribution < -0.4 is 5.43 Å². The number of nitrogens with one attached hydrogen (secondary N) is 1. The maximum atomic E-state index is 11.6. The number of carbonyl (C=O) groups excluding carboxylic acids is 2. The van der Waals surface area contributed by atoms with Crippen LogP contribution >= 0.6 is 0 Å². The molecular weight excluding hydrogens is 236 g/mol. The first kappa shape index (κ1) is 13.6. The molecule has 0 radical (unpaired) electrons. The van der Waals surface area contributed by atoms with Gasteiger partial charge in [0.05, 0.1) is 19.9 Å². The van der Waals surface area contributed by atoms with Gasteiger partial charge in [0.15, 0.2) is 0 Å². The van der Waals surface area contributed by atoms with Gasteiger partial charge in [0, 0.05) is 0 Å². The van der Waals surface area contributed by atoms with Gasteiger partial charge < -0.3 is 9.47 Å². The molecule has 96 valence electrons. The number of ether oxygens (including phenoxy) is 2. The molecule has 0 unspecified atom stereocenters. The van der Waals surface area contributed by atoms with Gasteiger partial charge in [-0.1, -0.05) is 36.9 Å². The molecule has 6 heteroatoms. The molecule has 1 N–H and O–H groups in total. The number of hydrogen-bond donors (Lipinski definition) is 1. The Kier molecular flexibility index (Phi) is 4.74. The number of nitrogens with zero attached hydrogens (tertiary/aromatic N) is 1. The molecule has 0 spiro atoms. The molecule has 0 atom stereocenters. The maximum Gasteiger partial charge on any atom is 0.433 e. The fourth-order valence-corrected chi connectivity index (χ4v) is 1.21. The summed E-state index contributed by atoms with van der Waals surface area (Å²) in [7, 11) is 2.39. The number of carbonyl (C=O) groups is 2. The van der Waals surface area contributed by atoms with E-state index in [-0.39, 0.29) is 5.70 Å². The predicted molar refractivity (Wildman–Crippen MR) is 65.3 cm³/mol. The Morgan fingerprint density at radius 1 is 1.17 bits per heavy atom. The van der Waals surface area contributed by atoms with Gasteiger partial charge in [0.1, 0.15) is 0 Å². The predicted octanol–water partition coefficient (Wildman–Crippen LogP) is 2.00. The normalized spacial score (nSPS) is 9.22. The lowest BCUT2D eigenvalue weighted by Crippen LogP contribution is -2.44. The van der Waals surface area contributed by atoms with Crippen LogP contribution in [0.4, 0.5) is 9.59 Å². The standard InChI is InChI=1S/C12H14N2O4/c1-9(10-7-5-4-6-8-10)14(12(16)18-3)13-11(15)17-2/h4-8H,1H2,2-3H3,(H,13,15). The summed E-state index contributed by atoms with van der Waals surface area (Å²) in [5.74, 6) is 0. The molecule has 0 saturated heterocycles. The second-order valence-electron chi connectivity index (χ2n) is 3.22. The zero-order valence-electron chi connectivity index (χ0n) is 10.2. The summed E-state index contributed by atoms with van der Waals surface area (Å²) in [4.78, 5) is 22.7. The van der Waals surface area contributed by atoms with Crippen LogP contribution in [0.15, 0.2) is 36.9 Å². The molecule has 0 saturated carbocycles. The minimum Gasteiger partial charge on any atom is -0.452 e. The van der Waals surface area contributed by atoms with Crippen molar-refractivity contribution < 1.29 is 19.1 Å². The third-order valence-corrected chi connectivity index (χ3v) is 2.12. The summed E-state index contributed by atoms with van der Waals surface area (Å²) >= 11 is 0. The Balaban J connectivity index is 2.93. The first-order valence-corrected chi connectivity index (χ1v) is 5.07. The van der Waals surface area contributed by atoms with E-state index in [2.05, 4.69) is 21.5 Å². The largest absolute Gasteiger partial charge is 0.452 e. The molecule has 0 aromatic heterocycles. The molecule has 6 nitrogen and oxygen atoms in total. The van der Waals surface area contributed by atoms with Gasteiger partial charge >= 0.3 is 12.2 Å². The molecule has 18 heavy (non-hydrogen) atoms. The third-order valence-electron chi connectivity index (χ3n) is 2.12. The first-order valence-electron chi connectivity index (χ1n) is 5.07. The molecule has 1 rings (SSSR count). The van der Waals surface area contributed by atoms with Crippen molar-refractivity contribution >= 4 is 17.9 Å². The second-order valence-corrected chi connectivity index (χ2v) is 3.22. The van der Waals surface area contributed by atoms with E-state index >= 15 is 0 Å². The molecule has 2 amide bonds. The van der Waals surface area contributed by atoms with Crippen LogP contribution in [0, 0.1) is 0 Å². The molecule has 0 fully saturated rings. The van der Waals surface area contributed by atoms with E-state index in [9.17, 15) is 9.59 Å². The average molecular weight is 250 g/mol. The summed E-state index contributed by atoms with van der Waals surface area (Å²) in [5, 5.41) is 0.876. The van der Waals surface area contributed by atoms with Crippen molar-refractivity contribution in [3.8, 4) is 0 Å². The van der Waals surface area contributed by atoms with Crippen LogP contribution in [0.5, 0.6) is 0 Å². The van der Waals surface area contributed by atoms with Crippen molar-refractivity contribution in [2.75, 3.05) is 14.2 Å². The SMILES string of the molecule is C=C(c1ccccc1)N(NC(=O)OC)C(=O)OC. The highest BCUT2D eigenvalue weighted by atomic mass is 16.6. The lowest BCUT2D eigenvalue weighted by Gasteiger charge is -2.22. The Hall–Kier alpha value is -2.50. The maximum absolute atomic E-state index is 11.6. The van der Waals surface area contributed by atoms with Gasteiger partial charge in [-0.25, -0.2) is 15.0 Å². The van der Waals surface area contributed by atoms with Crippen molar-refractivity contribution in [2.24, 2.45) is 0 Å². The molecule has 1 aromatic rings. The van der Waals surface area contributed by atoms with E-state index in [4.69, 9.17) is 0 Å². The van der Waals surface area contributed by atoms with Crippen LogP contribution in [0.3, 0.4) is 0 Å². The van der Waals surface area contributed by atoms with Crippen LogP contribution in [-0.4, -0.2) is 31.4 Å². The quantitative estimate of drug-likeness (QED) is 0.815. The fraction of sp³-hybridized carbons (Fsp3) is 0.167. The third kappa shape index (κ3) is 3.24. The van der Waals surface area contributed by atoms with Crippen molar-refractivity contribution in [2.45, 2.75) is 0 Å². The number of rotatable bonds is 2. The first-order chi connectivity index (χ1) is 8.60. The van der Waals surface area contributed by atoms with Gasteiger partial charge in [-0.05, 0) is 5.56 Å². The smallest absolute Gasteiger partial charge is 0.433 e. The van der Waals surface area contributed by atoms with E-state index in [0.717, 1.165) is 5.01 Å². The number of hydrogen-bond acceptors (Lipinski definition) is 4. The Morgan fingerprint density at radius 2 is 1.78 bits per heavy atom. The van der Waals surface area contributed by atoms with Gasteiger partial charge in [-0.3, -0.25) is 0 Å². The molecule has 0 bridgehead atoms. The summed E-state index contributed by atoms with van der Waals surface area (Å²) < 4.78 is 8.98. The van der Waals surface area contributed by atoms with Crippen LogP contribution in [0.25, 0.3) is 5.70 Å². The number of methoxy groups -OCH3 is 2. The van der Waals surface area contributed by atoms with Crippen molar-refractivity contribution in [3.63, 3.8) is 0 Å². The minimum atomic E-state index is -0.794. The Morgan fingerprint density at radius 3 is 2.28 bits per heavy atom. The molecule has 0 aliphatic heterocycles. The highest BCUT2D eigenvalue weighted by molar-refractivity contribution is 5.83. The highest BCUT2D eigenvalue weighted by Gasteiger charge is 2.21. The monoisotopic (exact) mass is 250 g/mol. The van der Waals surface area contributed by atoms with Crippen LogP contribution in [-0.2, 0) is 9.47 Å². The van der Waals surface area contributed by atoms with E-state index in [1.807, 2.05) is 6.07 Å². The van der Waals surface area contributed by atoms with E-state index < -0.39 is 12.2 Å². The van der Waals surface area contributed by atoms with Crippen molar-refractivity contribution in [1.82, 2.24) is 10.4 Å². The van der Waals surface area contributed by atoms with Crippen LogP contribution in [0.1, 0.15) is 5.56 Å². The summed E-state index contributed by atoms with van der Waals surface area (Å²) in [6, 6.07) is 8.89. The lowest BCUT2D eigenvalue weighted by atomic mass is 10.2. The molecular formula is C12H14N2O4. The summed E-state index contributed by atoms with van der Waals surface area (Å²) in [6.07, 6.45) is -1.56. The summed E-state index contributed by atoms with van der Waals surface area (Å²) in [5.41, 5.74) is 3.15. The second kappa shape index (κ2) is 6.29. The zero-order valence-corrected chi connectivity index (χ0v) is 10.2. The zero-order chi connectivity index (χ0) is 13.5.